The summed E-state index contributed by atoms with van der Waals surface area (Å²) >= 11 is 0. The van der Waals surface area contributed by atoms with Gasteiger partial charge in [0, 0.05) is 37.3 Å². The van der Waals surface area contributed by atoms with Crippen LogP contribution in [-0.2, 0) is 6.54 Å². The number of hydrogen-bond acceptors (Lipinski definition) is 3. The number of carbonyl (C=O) groups excluding carboxylic acids is 1. The van der Waals surface area contributed by atoms with E-state index in [0.29, 0.717) is 25.6 Å². The first-order valence-corrected chi connectivity index (χ1v) is 8.91. The van der Waals surface area contributed by atoms with E-state index >= 15 is 0 Å². The highest BCUT2D eigenvalue weighted by molar-refractivity contribution is 5.79. The average Bonchev–Trinajstić information content (AvgIpc) is 3.02. The summed E-state index contributed by atoms with van der Waals surface area (Å²) in [6.45, 7) is 7.73. The van der Waals surface area contributed by atoms with Crippen molar-refractivity contribution in [2.75, 3.05) is 26.2 Å². The third-order valence-corrected chi connectivity index (χ3v) is 4.73. The average molecular weight is 342 g/mol. The minimum Gasteiger partial charge on any atom is -0.338 e. The fraction of sp³-hybridized carbons (Fsp3) is 0.474. The van der Waals surface area contributed by atoms with Crippen molar-refractivity contribution in [2.24, 2.45) is 5.92 Å². The number of likely N-dealkylation sites (tertiary alicyclic amines) is 1. The van der Waals surface area contributed by atoms with Gasteiger partial charge in [-0.05, 0) is 55.8 Å². The van der Waals surface area contributed by atoms with Gasteiger partial charge in [0.05, 0.1) is 0 Å². The number of rotatable bonds is 5. The Kier molecular flexibility index (Phi) is 5.38. The summed E-state index contributed by atoms with van der Waals surface area (Å²) in [6, 6.07) is 7.99. The van der Waals surface area contributed by atoms with Crippen LogP contribution in [-0.4, -0.2) is 42.1 Å². The number of aryl methyl sites for hydroxylation is 1. The highest BCUT2D eigenvalue weighted by Crippen LogP contribution is 2.19. The van der Waals surface area contributed by atoms with Gasteiger partial charge >= 0.3 is 6.03 Å². The van der Waals surface area contributed by atoms with E-state index in [1.54, 1.807) is 0 Å². The molecule has 2 aromatic rings. The highest BCUT2D eigenvalue weighted by atomic mass is 16.2. The quantitative estimate of drug-likeness (QED) is 0.777. The van der Waals surface area contributed by atoms with Crippen molar-refractivity contribution in [3.8, 4) is 0 Å². The van der Waals surface area contributed by atoms with Crippen molar-refractivity contribution in [1.82, 2.24) is 20.5 Å². The molecule has 1 aliphatic rings. The monoisotopic (exact) mass is 342 g/mol. The molecule has 3 N–H and O–H groups in total. The second-order valence-corrected chi connectivity index (χ2v) is 6.84. The van der Waals surface area contributed by atoms with E-state index < -0.39 is 0 Å². The molecule has 1 fully saturated rings. The molecule has 0 aliphatic carbocycles. The summed E-state index contributed by atoms with van der Waals surface area (Å²) < 4.78 is 0. The van der Waals surface area contributed by atoms with Gasteiger partial charge in [0.15, 0.2) is 0 Å². The first-order valence-electron chi connectivity index (χ1n) is 8.91. The lowest BCUT2D eigenvalue weighted by Gasteiger charge is -2.16. The molecule has 1 aromatic heterocycles. The molecule has 1 aliphatic heterocycles. The van der Waals surface area contributed by atoms with Crippen molar-refractivity contribution in [3.05, 3.63) is 45.7 Å². The summed E-state index contributed by atoms with van der Waals surface area (Å²) in [5.74, 6) is 0.435. The van der Waals surface area contributed by atoms with Gasteiger partial charge in [0.25, 0.3) is 5.56 Å². The Hall–Kier alpha value is -2.34. The van der Waals surface area contributed by atoms with E-state index in [1.807, 2.05) is 32.0 Å². The Labute approximate surface area is 147 Å². The molecule has 1 aromatic carbocycles. The maximum absolute atomic E-state index is 12.4. The summed E-state index contributed by atoms with van der Waals surface area (Å²) in [4.78, 5) is 29.1. The Morgan fingerprint density at radius 1 is 1.32 bits per heavy atom. The number of pyridine rings is 1. The van der Waals surface area contributed by atoms with Crippen molar-refractivity contribution in [2.45, 2.75) is 26.8 Å². The van der Waals surface area contributed by atoms with Crippen LogP contribution < -0.4 is 16.2 Å². The van der Waals surface area contributed by atoms with Crippen LogP contribution in [0, 0.1) is 12.8 Å². The van der Waals surface area contributed by atoms with E-state index in [2.05, 4.69) is 26.6 Å². The van der Waals surface area contributed by atoms with Crippen LogP contribution >= 0.6 is 0 Å². The van der Waals surface area contributed by atoms with Crippen molar-refractivity contribution in [1.29, 1.82) is 0 Å². The van der Waals surface area contributed by atoms with Crippen LogP contribution in [0.2, 0.25) is 0 Å². The lowest BCUT2D eigenvalue weighted by Crippen LogP contribution is -2.38. The molecule has 0 unspecified atom stereocenters. The van der Waals surface area contributed by atoms with Gasteiger partial charge < -0.3 is 15.6 Å². The lowest BCUT2D eigenvalue weighted by atomic mass is 10.1. The molecule has 6 heteroatoms. The molecule has 0 radical (unpaired) electrons. The van der Waals surface area contributed by atoms with Crippen molar-refractivity contribution in [3.63, 3.8) is 0 Å². The lowest BCUT2D eigenvalue weighted by molar-refractivity contribution is 0.239. The van der Waals surface area contributed by atoms with E-state index in [4.69, 9.17) is 0 Å². The van der Waals surface area contributed by atoms with E-state index in [9.17, 15) is 9.59 Å². The second kappa shape index (κ2) is 7.70. The fourth-order valence-electron chi connectivity index (χ4n) is 3.40. The van der Waals surface area contributed by atoms with Crippen LogP contribution in [0.1, 0.15) is 24.5 Å². The highest BCUT2D eigenvalue weighted by Gasteiger charge is 2.23. The molecular weight excluding hydrogens is 316 g/mol. The zero-order valence-electron chi connectivity index (χ0n) is 14.9. The zero-order valence-corrected chi connectivity index (χ0v) is 14.9. The number of H-pyrrole nitrogens is 1. The number of carbonyl (C=O) groups is 1. The molecule has 2 heterocycles. The number of hydrogen-bond donors (Lipinski definition) is 3. The second-order valence-electron chi connectivity index (χ2n) is 6.84. The molecule has 134 valence electrons. The minimum absolute atomic E-state index is 0.0120. The number of amides is 2. The first-order chi connectivity index (χ1) is 12.0. The van der Waals surface area contributed by atoms with Gasteiger partial charge in [-0.1, -0.05) is 12.1 Å². The Morgan fingerprint density at radius 2 is 2.16 bits per heavy atom. The Bertz CT molecular complexity index is 815. The van der Waals surface area contributed by atoms with Crippen LogP contribution in [0.3, 0.4) is 0 Å². The van der Waals surface area contributed by atoms with Crippen molar-refractivity contribution >= 4 is 16.9 Å². The Balaban J connectivity index is 1.61. The third kappa shape index (κ3) is 4.39. The molecular formula is C19H26N4O2. The maximum atomic E-state index is 12.4. The molecule has 3 rings (SSSR count). The predicted molar refractivity (Wildman–Crippen MR) is 99.8 cm³/mol. The molecule has 0 spiro atoms. The molecule has 1 saturated heterocycles. The number of aromatic nitrogens is 1. The zero-order chi connectivity index (χ0) is 17.8. The molecule has 6 nitrogen and oxygen atoms in total. The number of aromatic amines is 1. The van der Waals surface area contributed by atoms with Gasteiger partial charge in [-0.2, -0.15) is 0 Å². The van der Waals surface area contributed by atoms with Crippen LogP contribution in [0.5, 0.6) is 0 Å². The number of urea groups is 1. The minimum atomic E-state index is -0.109. The van der Waals surface area contributed by atoms with Crippen LogP contribution in [0.4, 0.5) is 4.79 Å². The smallest absolute Gasteiger partial charge is 0.314 e. The van der Waals surface area contributed by atoms with Gasteiger partial charge in [-0.15, -0.1) is 0 Å². The van der Waals surface area contributed by atoms with Crippen LogP contribution in [0.15, 0.2) is 29.1 Å². The van der Waals surface area contributed by atoms with Crippen LogP contribution in [0.25, 0.3) is 10.9 Å². The number of benzene rings is 1. The topological polar surface area (TPSA) is 77.2 Å². The third-order valence-electron chi connectivity index (χ3n) is 4.73. The summed E-state index contributed by atoms with van der Waals surface area (Å²) in [7, 11) is 0. The Morgan fingerprint density at radius 3 is 2.96 bits per heavy atom. The van der Waals surface area contributed by atoms with E-state index in [-0.39, 0.29) is 11.6 Å². The largest absolute Gasteiger partial charge is 0.338 e. The predicted octanol–water partition coefficient (Wildman–Crippen LogP) is 1.98. The fourth-order valence-corrected chi connectivity index (χ4v) is 3.40. The van der Waals surface area contributed by atoms with Gasteiger partial charge in [-0.25, -0.2) is 4.79 Å². The van der Waals surface area contributed by atoms with Gasteiger partial charge in [-0.3, -0.25) is 9.69 Å². The number of fused-ring (bicyclic) bond motifs is 1. The summed E-state index contributed by atoms with van der Waals surface area (Å²) in [5, 5.41) is 6.71. The first kappa shape index (κ1) is 17.5. The SMILES string of the molecule is CCNC(=O)NC[C@H]1CCN(Cc2cc3ccc(C)cc3[nH]c2=O)C1. The standard InChI is InChI=1S/C19H26N4O2/c1-3-20-19(25)21-10-14-6-7-23(11-14)12-16-9-15-5-4-13(2)8-17(15)22-18(16)24/h4-5,8-9,14H,3,6-7,10-12H2,1-2H3,(H,22,24)(H2,20,21,25)/t14-/m1/s1. The number of nitrogens with zero attached hydrogens (tertiary/aromatic N) is 1. The van der Waals surface area contributed by atoms with Gasteiger partial charge in [0.1, 0.15) is 0 Å². The van der Waals surface area contributed by atoms with E-state index in [0.717, 1.165) is 41.5 Å². The maximum Gasteiger partial charge on any atom is 0.314 e. The summed E-state index contributed by atoms with van der Waals surface area (Å²) in [5.41, 5.74) is 2.81. The molecule has 1 atom stereocenters. The molecule has 2 amide bonds. The molecule has 0 bridgehead atoms. The molecule has 0 saturated carbocycles. The number of nitrogens with one attached hydrogen (secondary N) is 3. The van der Waals surface area contributed by atoms with Crippen molar-refractivity contribution < 1.29 is 4.79 Å². The van der Waals surface area contributed by atoms with Gasteiger partial charge in [0.2, 0.25) is 0 Å². The molecule has 25 heavy (non-hydrogen) atoms. The normalized spacial score (nSPS) is 17.8. The summed E-state index contributed by atoms with van der Waals surface area (Å²) in [6.07, 6.45) is 1.04. The van der Waals surface area contributed by atoms with E-state index in [1.165, 1.54) is 0 Å².